The summed E-state index contributed by atoms with van der Waals surface area (Å²) >= 11 is 0. The van der Waals surface area contributed by atoms with Crippen LogP contribution in [0.5, 0.6) is 0 Å². The van der Waals surface area contributed by atoms with Gasteiger partial charge < -0.3 is 4.74 Å². The second-order valence-corrected chi connectivity index (χ2v) is 4.49. The highest BCUT2D eigenvalue weighted by molar-refractivity contribution is 6.01. The maximum Gasteiger partial charge on any atom is 0.339 e. The van der Waals surface area contributed by atoms with E-state index in [0.29, 0.717) is 5.56 Å². The highest BCUT2D eigenvalue weighted by Gasteiger charge is 2.28. The van der Waals surface area contributed by atoms with Crippen molar-refractivity contribution in [3.05, 3.63) is 68.3 Å². The third kappa shape index (κ3) is 3.31. The average molecular weight is 316 g/mol. The van der Waals surface area contributed by atoms with Crippen LogP contribution in [-0.2, 0) is 4.74 Å². The number of non-ortho nitro benzene ring substituents is 1. The maximum absolute atomic E-state index is 12.1. The van der Waals surface area contributed by atoms with Gasteiger partial charge >= 0.3 is 5.97 Å². The minimum Gasteiger partial charge on any atom is -0.462 e. The van der Waals surface area contributed by atoms with E-state index in [4.69, 9.17) is 4.74 Å². The summed E-state index contributed by atoms with van der Waals surface area (Å²) in [4.78, 5) is 32.9. The zero-order chi connectivity index (χ0) is 17.0. The molecule has 2 aromatic rings. The molecule has 118 valence electrons. The van der Waals surface area contributed by atoms with Crippen molar-refractivity contribution in [3.63, 3.8) is 0 Å². The Hall–Kier alpha value is -3.29. The molecule has 2 aromatic carbocycles. The molecular weight excluding hydrogens is 304 g/mol. The van der Waals surface area contributed by atoms with Gasteiger partial charge in [-0.3, -0.25) is 20.2 Å². The Labute approximate surface area is 130 Å². The molecule has 0 radical (unpaired) electrons. The SMILES string of the molecule is CCOC(=O)c1cc([N+](=O)[O-])cc([N+](=O)[O-])c1-c1ccccc1. The van der Waals surface area contributed by atoms with Gasteiger partial charge in [0.05, 0.1) is 33.6 Å². The summed E-state index contributed by atoms with van der Waals surface area (Å²) in [7, 11) is 0. The molecule has 23 heavy (non-hydrogen) atoms. The molecule has 8 nitrogen and oxygen atoms in total. The summed E-state index contributed by atoms with van der Waals surface area (Å²) in [6.07, 6.45) is 0. The van der Waals surface area contributed by atoms with Gasteiger partial charge in [0, 0.05) is 6.07 Å². The normalized spacial score (nSPS) is 10.1. The molecule has 8 heteroatoms. The van der Waals surface area contributed by atoms with Gasteiger partial charge in [0.2, 0.25) is 0 Å². The Kier molecular flexibility index (Phi) is 4.65. The zero-order valence-corrected chi connectivity index (χ0v) is 12.1. The molecule has 0 amide bonds. The summed E-state index contributed by atoms with van der Waals surface area (Å²) in [5.74, 6) is -0.849. The predicted octanol–water partition coefficient (Wildman–Crippen LogP) is 3.35. The van der Waals surface area contributed by atoms with Crippen LogP contribution >= 0.6 is 0 Å². The van der Waals surface area contributed by atoms with E-state index in [2.05, 4.69) is 0 Å². The number of carbonyl (C=O) groups is 1. The van der Waals surface area contributed by atoms with Gasteiger partial charge in [-0.2, -0.15) is 0 Å². The van der Waals surface area contributed by atoms with E-state index < -0.39 is 27.2 Å². The number of rotatable bonds is 5. The fourth-order valence-corrected chi connectivity index (χ4v) is 2.14. The fraction of sp³-hybridized carbons (Fsp3) is 0.133. The third-order valence-electron chi connectivity index (χ3n) is 3.07. The highest BCUT2D eigenvalue weighted by atomic mass is 16.6. The fourth-order valence-electron chi connectivity index (χ4n) is 2.14. The number of ether oxygens (including phenoxy) is 1. The zero-order valence-electron chi connectivity index (χ0n) is 12.1. The molecule has 0 aliphatic rings. The first kappa shape index (κ1) is 16.1. The molecule has 2 rings (SSSR count). The van der Waals surface area contributed by atoms with Gasteiger partial charge in [-0.1, -0.05) is 30.3 Å². The van der Waals surface area contributed by atoms with E-state index >= 15 is 0 Å². The Bertz CT molecular complexity index is 773. The Morgan fingerprint density at radius 1 is 1.09 bits per heavy atom. The lowest BCUT2D eigenvalue weighted by molar-refractivity contribution is -0.393. The number of carbonyl (C=O) groups excluding carboxylic acids is 1. The van der Waals surface area contributed by atoms with E-state index in [1.165, 1.54) is 0 Å². The summed E-state index contributed by atoms with van der Waals surface area (Å²) in [6.45, 7) is 1.62. The number of esters is 1. The van der Waals surface area contributed by atoms with Crippen LogP contribution in [0.25, 0.3) is 11.1 Å². The topological polar surface area (TPSA) is 113 Å². The monoisotopic (exact) mass is 316 g/mol. The lowest BCUT2D eigenvalue weighted by Crippen LogP contribution is -2.09. The minimum atomic E-state index is -0.849. The van der Waals surface area contributed by atoms with Crippen LogP contribution in [0.4, 0.5) is 11.4 Å². The Morgan fingerprint density at radius 3 is 2.26 bits per heavy atom. The van der Waals surface area contributed by atoms with Crippen molar-refractivity contribution in [3.8, 4) is 11.1 Å². The molecular formula is C15H12N2O6. The molecule has 0 heterocycles. The van der Waals surface area contributed by atoms with Crippen LogP contribution in [0.2, 0.25) is 0 Å². The third-order valence-corrected chi connectivity index (χ3v) is 3.07. The predicted molar refractivity (Wildman–Crippen MR) is 81.1 cm³/mol. The first-order valence-electron chi connectivity index (χ1n) is 6.65. The van der Waals surface area contributed by atoms with E-state index in [0.717, 1.165) is 12.1 Å². The van der Waals surface area contributed by atoms with Crippen LogP contribution in [0.1, 0.15) is 17.3 Å². The molecule has 0 atom stereocenters. The van der Waals surface area contributed by atoms with Crippen molar-refractivity contribution >= 4 is 17.3 Å². The smallest absolute Gasteiger partial charge is 0.339 e. The first-order valence-corrected chi connectivity index (χ1v) is 6.65. The van der Waals surface area contributed by atoms with Crippen molar-refractivity contribution in [1.82, 2.24) is 0 Å². The summed E-state index contributed by atoms with van der Waals surface area (Å²) in [5, 5.41) is 22.3. The van der Waals surface area contributed by atoms with Gasteiger partial charge in [-0.05, 0) is 12.5 Å². The molecule has 0 bridgehead atoms. The van der Waals surface area contributed by atoms with Gasteiger partial charge in [-0.25, -0.2) is 4.79 Å². The largest absolute Gasteiger partial charge is 0.462 e. The lowest BCUT2D eigenvalue weighted by Gasteiger charge is -2.10. The molecule has 0 N–H and O–H groups in total. The molecule has 0 aliphatic carbocycles. The van der Waals surface area contributed by atoms with E-state index in [-0.39, 0.29) is 17.7 Å². The molecule has 0 unspecified atom stereocenters. The molecule has 0 fully saturated rings. The van der Waals surface area contributed by atoms with Gasteiger partial charge in [0.25, 0.3) is 11.4 Å². The molecule has 0 aliphatic heterocycles. The van der Waals surface area contributed by atoms with E-state index in [1.54, 1.807) is 37.3 Å². The van der Waals surface area contributed by atoms with E-state index in [1.807, 2.05) is 0 Å². The number of hydrogen-bond acceptors (Lipinski definition) is 6. The van der Waals surface area contributed by atoms with Gasteiger partial charge in [0.1, 0.15) is 0 Å². The van der Waals surface area contributed by atoms with Crippen molar-refractivity contribution in [2.24, 2.45) is 0 Å². The van der Waals surface area contributed by atoms with Gasteiger partial charge in [-0.15, -0.1) is 0 Å². The molecule has 0 aromatic heterocycles. The van der Waals surface area contributed by atoms with Crippen LogP contribution in [-0.4, -0.2) is 22.4 Å². The Balaban J connectivity index is 2.82. The number of nitro benzene ring substituents is 2. The van der Waals surface area contributed by atoms with Crippen LogP contribution in [0.3, 0.4) is 0 Å². The standard InChI is InChI=1S/C15H12N2O6/c1-2-23-15(18)12-8-11(16(19)20)9-13(17(21)22)14(12)10-6-4-3-5-7-10/h3-9H,2H2,1H3. The number of nitrogens with zero attached hydrogens (tertiary/aromatic N) is 2. The second-order valence-electron chi connectivity index (χ2n) is 4.49. The number of nitro groups is 2. The van der Waals surface area contributed by atoms with Gasteiger partial charge in [0.15, 0.2) is 0 Å². The highest BCUT2D eigenvalue weighted by Crippen LogP contribution is 2.37. The van der Waals surface area contributed by atoms with Crippen molar-refractivity contribution in [2.45, 2.75) is 6.92 Å². The molecule has 0 saturated carbocycles. The quantitative estimate of drug-likeness (QED) is 0.475. The molecule has 0 spiro atoms. The number of benzene rings is 2. The second kappa shape index (κ2) is 6.65. The van der Waals surface area contributed by atoms with Crippen LogP contribution in [0.15, 0.2) is 42.5 Å². The van der Waals surface area contributed by atoms with Crippen molar-refractivity contribution < 1.29 is 19.4 Å². The maximum atomic E-state index is 12.1. The average Bonchev–Trinajstić information content (AvgIpc) is 2.54. The number of hydrogen-bond donors (Lipinski definition) is 0. The summed E-state index contributed by atoms with van der Waals surface area (Å²) in [5.41, 5.74) is -0.872. The lowest BCUT2D eigenvalue weighted by atomic mass is 9.97. The van der Waals surface area contributed by atoms with Crippen LogP contribution < -0.4 is 0 Å². The first-order chi connectivity index (χ1) is 11.0. The summed E-state index contributed by atoms with van der Waals surface area (Å²) < 4.78 is 4.88. The van der Waals surface area contributed by atoms with Crippen molar-refractivity contribution in [2.75, 3.05) is 6.61 Å². The van der Waals surface area contributed by atoms with E-state index in [9.17, 15) is 25.0 Å². The Morgan fingerprint density at radius 2 is 1.74 bits per heavy atom. The summed E-state index contributed by atoms with van der Waals surface area (Å²) in [6, 6.07) is 10.0. The minimum absolute atomic E-state index is 0.000324. The molecule has 0 saturated heterocycles. The van der Waals surface area contributed by atoms with Crippen LogP contribution in [0, 0.1) is 20.2 Å². The van der Waals surface area contributed by atoms with Crippen molar-refractivity contribution in [1.29, 1.82) is 0 Å².